The van der Waals surface area contributed by atoms with E-state index in [1.165, 1.54) is 12.5 Å². The minimum Gasteiger partial charge on any atom is -0.340 e. The number of nitrogens with zero attached hydrogens (tertiary/aromatic N) is 2. The summed E-state index contributed by atoms with van der Waals surface area (Å²) in [5.74, 6) is -0.231. The predicted octanol–water partition coefficient (Wildman–Crippen LogP) is 3.64. The summed E-state index contributed by atoms with van der Waals surface area (Å²) in [6.07, 6.45) is 5.57. The van der Waals surface area contributed by atoms with Crippen LogP contribution in [0.4, 0.5) is 10.1 Å². The third kappa shape index (κ3) is 5.08. The molecule has 27 heavy (non-hydrogen) atoms. The Balaban J connectivity index is 1.50. The van der Waals surface area contributed by atoms with Crippen molar-refractivity contribution >= 4 is 33.4 Å². The Morgan fingerprint density at radius 2 is 1.81 bits per heavy atom. The fraction of sp³-hybridized carbons (Fsp3) is 0.600. The minimum atomic E-state index is -0.465. The van der Waals surface area contributed by atoms with Crippen molar-refractivity contribution in [3.05, 3.63) is 28.5 Å². The molecule has 5 nitrogen and oxygen atoms in total. The number of anilines is 1. The summed E-state index contributed by atoms with van der Waals surface area (Å²) in [5, 5.41) is 2.66. The number of hydrogen-bond donors (Lipinski definition) is 1. The number of rotatable bonds is 4. The van der Waals surface area contributed by atoms with E-state index in [1.54, 1.807) is 12.1 Å². The van der Waals surface area contributed by atoms with Gasteiger partial charge in [-0.05, 0) is 38.0 Å². The Kier molecular flexibility index (Phi) is 6.87. The fourth-order valence-corrected chi connectivity index (χ4v) is 4.26. The van der Waals surface area contributed by atoms with Crippen molar-refractivity contribution in [1.29, 1.82) is 0 Å². The van der Waals surface area contributed by atoms with Crippen LogP contribution in [0.5, 0.6) is 0 Å². The molecule has 1 unspecified atom stereocenters. The lowest BCUT2D eigenvalue weighted by Gasteiger charge is -2.39. The molecule has 2 aliphatic rings. The zero-order chi connectivity index (χ0) is 19.4. The molecule has 0 radical (unpaired) electrons. The van der Waals surface area contributed by atoms with E-state index in [9.17, 15) is 14.0 Å². The van der Waals surface area contributed by atoms with Crippen LogP contribution in [0.1, 0.15) is 39.0 Å². The molecule has 1 aromatic rings. The van der Waals surface area contributed by atoms with Gasteiger partial charge in [0.1, 0.15) is 5.82 Å². The Bertz CT molecular complexity index is 686. The molecule has 1 aliphatic heterocycles. The number of amides is 2. The van der Waals surface area contributed by atoms with Gasteiger partial charge in [-0.2, -0.15) is 0 Å². The summed E-state index contributed by atoms with van der Waals surface area (Å²) in [4.78, 5) is 29.2. The van der Waals surface area contributed by atoms with E-state index in [2.05, 4.69) is 26.1 Å². The van der Waals surface area contributed by atoms with Crippen LogP contribution in [0.3, 0.4) is 0 Å². The minimum absolute atomic E-state index is 0.182. The molecule has 2 amide bonds. The Labute approximate surface area is 168 Å². The van der Waals surface area contributed by atoms with E-state index >= 15 is 0 Å². The topological polar surface area (TPSA) is 52.7 Å². The first kappa shape index (κ1) is 20.3. The number of carbonyl (C=O) groups is 2. The number of benzene rings is 1. The maximum atomic E-state index is 13.9. The highest BCUT2D eigenvalue weighted by molar-refractivity contribution is 9.10. The smallest absolute Gasteiger partial charge is 0.241 e. The van der Waals surface area contributed by atoms with Gasteiger partial charge in [0.05, 0.1) is 11.7 Å². The summed E-state index contributed by atoms with van der Waals surface area (Å²) in [7, 11) is 0. The number of nitrogens with one attached hydrogen (secondary N) is 1. The maximum Gasteiger partial charge on any atom is 0.241 e. The summed E-state index contributed by atoms with van der Waals surface area (Å²) in [6.45, 7) is 4.45. The van der Waals surface area contributed by atoms with E-state index in [4.69, 9.17) is 0 Å². The van der Waals surface area contributed by atoms with Gasteiger partial charge in [-0.15, -0.1) is 0 Å². The molecule has 148 valence electrons. The average molecular weight is 440 g/mol. The first-order chi connectivity index (χ1) is 13.0. The van der Waals surface area contributed by atoms with E-state index in [-0.39, 0.29) is 29.5 Å². The molecule has 1 saturated heterocycles. The summed E-state index contributed by atoms with van der Waals surface area (Å²) < 4.78 is 14.6. The molecule has 0 spiro atoms. The van der Waals surface area contributed by atoms with Gasteiger partial charge in [0, 0.05) is 36.6 Å². The van der Waals surface area contributed by atoms with Crippen molar-refractivity contribution in [2.75, 3.05) is 31.5 Å². The second kappa shape index (κ2) is 9.15. The highest BCUT2D eigenvalue weighted by Crippen LogP contribution is 2.26. The lowest BCUT2D eigenvalue weighted by molar-refractivity contribution is -0.139. The largest absolute Gasteiger partial charge is 0.340 e. The molecule has 2 fully saturated rings. The number of carbonyl (C=O) groups excluding carboxylic acids is 2. The van der Waals surface area contributed by atoms with Gasteiger partial charge >= 0.3 is 0 Å². The van der Waals surface area contributed by atoms with Crippen LogP contribution >= 0.6 is 15.9 Å². The molecule has 1 atom stereocenters. The fourth-order valence-electron chi connectivity index (χ4n) is 3.93. The van der Waals surface area contributed by atoms with Crippen molar-refractivity contribution in [3.8, 4) is 0 Å². The Hall–Kier alpha value is -1.47. The van der Waals surface area contributed by atoms with Crippen LogP contribution in [-0.2, 0) is 9.59 Å². The monoisotopic (exact) mass is 439 g/mol. The zero-order valence-corrected chi connectivity index (χ0v) is 17.3. The van der Waals surface area contributed by atoms with Crippen molar-refractivity contribution < 1.29 is 14.0 Å². The second-order valence-corrected chi connectivity index (χ2v) is 8.40. The van der Waals surface area contributed by atoms with E-state index in [0.29, 0.717) is 30.7 Å². The van der Waals surface area contributed by atoms with Crippen LogP contribution in [-0.4, -0.2) is 53.8 Å². The van der Waals surface area contributed by atoms with Crippen molar-refractivity contribution in [2.24, 2.45) is 5.92 Å². The predicted molar refractivity (Wildman–Crippen MR) is 107 cm³/mol. The SMILES string of the molecule is CC(C(=O)Nc1ccc(Br)cc1F)N1CCN(C(=O)C2CCCCC2)CC1. The first-order valence-electron chi connectivity index (χ1n) is 9.74. The van der Waals surface area contributed by atoms with E-state index in [0.717, 1.165) is 25.7 Å². The van der Waals surface area contributed by atoms with Gasteiger partial charge in [-0.3, -0.25) is 14.5 Å². The standard InChI is InChI=1S/C20H27BrFN3O2/c1-14(19(26)23-18-8-7-16(21)13-17(18)22)24-9-11-25(12-10-24)20(27)15-5-3-2-4-6-15/h7-8,13-15H,2-6,9-12H2,1H3,(H,23,26). The highest BCUT2D eigenvalue weighted by Gasteiger charge is 2.31. The molecule has 1 heterocycles. The number of hydrogen-bond acceptors (Lipinski definition) is 3. The van der Waals surface area contributed by atoms with Crippen LogP contribution in [0.2, 0.25) is 0 Å². The lowest BCUT2D eigenvalue weighted by Crippen LogP contribution is -2.55. The van der Waals surface area contributed by atoms with Crippen LogP contribution < -0.4 is 5.32 Å². The molecule has 1 N–H and O–H groups in total. The van der Waals surface area contributed by atoms with Crippen LogP contribution in [0, 0.1) is 11.7 Å². The van der Waals surface area contributed by atoms with Gasteiger partial charge < -0.3 is 10.2 Å². The Morgan fingerprint density at radius 1 is 1.15 bits per heavy atom. The third-order valence-corrected chi connectivity index (χ3v) is 6.19. The van der Waals surface area contributed by atoms with Crippen molar-refractivity contribution in [1.82, 2.24) is 9.80 Å². The van der Waals surface area contributed by atoms with Crippen LogP contribution in [0.15, 0.2) is 22.7 Å². The summed E-state index contributed by atoms with van der Waals surface area (Å²) >= 11 is 3.21. The van der Waals surface area contributed by atoms with Gasteiger partial charge in [0.2, 0.25) is 11.8 Å². The average Bonchev–Trinajstić information content (AvgIpc) is 2.69. The third-order valence-electron chi connectivity index (χ3n) is 5.70. The summed E-state index contributed by atoms with van der Waals surface area (Å²) in [6, 6.07) is 4.19. The quantitative estimate of drug-likeness (QED) is 0.778. The maximum absolute atomic E-state index is 13.9. The van der Waals surface area contributed by atoms with E-state index in [1.807, 2.05) is 11.8 Å². The zero-order valence-electron chi connectivity index (χ0n) is 15.7. The normalized spacial score (nSPS) is 20.3. The molecule has 0 aromatic heterocycles. The van der Waals surface area contributed by atoms with Crippen molar-refractivity contribution in [2.45, 2.75) is 45.1 Å². The number of piperazine rings is 1. The molecule has 1 saturated carbocycles. The molecular weight excluding hydrogens is 413 g/mol. The van der Waals surface area contributed by atoms with Gasteiger partial charge in [0.25, 0.3) is 0 Å². The van der Waals surface area contributed by atoms with Crippen molar-refractivity contribution in [3.63, 3.8) is 0 Å². The molecular formula is C20H27BrFN3O2. The molecule has 1 aliphatic carbocycles. The highest BCUT2D eigenvalue weighted by atomic mass is 79.9. The van der Waals surface area contributed by atoms with E-state index < -0.39 is 5.82 Å². The molecule has 7 heteroatoms. The summed E-state index contributed by atoms with van der Waals surface area (Å²) in [5.41, 5.74) is 0.182. The van der Waals surface area contributed by atoms with Gasteiger partial charge in [-0.25, -0.2) is 4.39 Å². The molecule has 3 rings (SSSR count). The number of halogens is 2. The Morgan fingerprint density at radius 3 is 2.44 bits per heavy atom. The van der Waals surface area contributed by atoms with Crippen LogP contribution in [0.25, 0.3) is 0 Å². The van der Waals surface area contributed by atoms with Gasteiger partial charge in [-0.1, -0.05) is 35.2 Å². The second-order valence-electron chi connectivity index (χ2n) is 7.49. The molecule has 1 aromatic carbocycles. The first-order valence-corrected chi connectivity index (χ1v) is 10.5. The van der Waals surface area contributed by atoms with Gasteiger partial charge in [0.15, 0.2) is 0 Å². The molecule has 0 bridgehead atoms. The lowest BCUT2D eigenvalue weighted by atomic mass is 9.88.